The molecule has 1 saturated heterocycles. The smallest absolute Gasteiger partial charge is 0.174 e. The van der Waals surface area contributed by atoms with Crippen molar-refractivity contribution in [2.75, 3.05) is 20.6 Å². The number of rotatable bonds is 1. The van der Waals surface area contributed by atoms with Crippen LogP contribution in [0.4, 0.5) is 0 Å². The molecule has 116 valence electrons. The fourth-order valence-corrected chi connectivity index (χ4v) is 4.39. The molecule has 1 saturated carbocycles. The Hall–Kier alpha value is -1.55. The number of likely N-dealkylation sites (tertiary alicyclic amines) is 1. The number of carbonyl (C=O) groups excluding carboxylic acids is 1. The van der Waals surface area contributed by atoms with Gasteiger partial charge in [0.2, 0.25) is 0 Å². The van der Waals surface area contributed by atoms with Crippen LogP contribution < -0.4 is 9.47 Å². The first kappa shape index (κ1) is 6.52. The van der Waals surface area contributed by atoms with Gasteiger partial charge >= 0.3 is 0 Å². The lowest BCUT2D eigenvalue weighted by Gasteiger charge is -2.57. The molecule has 1 aromatic rings. The van der Waals surface area contributed by atoms with Crippen molar-refractivity contribution in [2.45, 2.75) is 43.1 Å². The van der Waals surface area contributed by atoms with Crippen LogP contribution in [0.25, 0.3) is 0 Å². The minimum absolute atomic E-state index is 0.0747. The molecule has 0 N–H and O–H groups in total. The highest BCUT2D eigenvalue weighted by Crippen LogP contribution is 2.62. The van der Waals surface area contributed by atoms with Gasteiger partial charge < -0.3 is 14.4 Å². The van der Waals surface area contributed by atoms with E-state index in [9.17, 15) is 4.79 Å². The number of nitrogens with zero attached hydrogens (tertiary/aromatic N) is 1. The summed E-state index contributed by atoms with van der Waals surface area (Å²) >= 11 is 0. The summed E-state index contributed by atoms with van der Waals surface area (Å²) in [4.78, 5) is 14.2. The van der Waals surface area contributed by atoms with Gasteiger partial charge in [-0.05, 0) is 50.3 Å². The molecule has 4 aliphatic rings. The number of piperidine rings is 1. The summed E-state index contributed by atoms with van der Waals surface area (Å²) in [6.07, 6.45) is -8.10. The summed E-state index contributed by atoms with van der Waals surface area (Å²) in [5.74, 6) is -2.64. The molecule has 2 bridgehead atoms. The lowest BCUT2D eigenvalue weighted by atomic mass is 9.52. The predicted octanol–water partition coefficient (Wildman–Crippen LogP) is 1.93. The second-order valence-electron chi connectivity index (χ2n) is 6.11. The van der Waals surface area contributed by atoms with E-state index in [4.69, 9.17) is 23.2 Å². The van der Waals surface area contributed by atoms with Gasteiger partial charge in [0.25, 0.3) is 0 Å². The minimum atomic E-state index is -2.73. The fraction of sp³-hybridized carbons (Fsp3) is 0.611. The summed E-state index contributed by atoms with van der Waals surface area (Å²) in [5, 5.41) is 0. The molecule has 0 aromatic heterocycles. The van der Waals surface area contributed by atoms with Crippen molar-refractivity contribution in [3.63, 3.8) is 0 Å². The Morgan fingerprint density at radius 3 is 3.36 bits per heavy atom. The second kappa shape index (κ2) is 4.05. The maximum Gasteiger partial charge on any atom is 0.174 e. The minimum Gasteiger partial charge on any atom is -0.493 e. The Bertz CT molecular complexity index is 1070. The van der Waals surface area contributed by atoms with Crippen LogP contribution >= 0.6 is 0 Å². The monoisotopic (exact) mass is 309 g/mol. The Morgan fingerprint density at radius 2 is 2.55 bits per heavy atom. The molecule has 22 heavy (non-hydrogen) atoms. The number of methoxy groups -OCH3 is 1. The highest BCUT2D eigenvalue weighted by Gasteiger charge is 2.65. The normalized spacial score (nSPS) is 53.6. The quantitative estimate of drug-likeness (QED) is 0.795. The van der Waals surface area contributed by atoms with Gasteiger partial charge in [-0.2, -0.15) is 0 Å². The van der Waals surface area contributed by atoms with E-state index < -0.39 is 67.5 Å². The van der Waals surface area contributed by atoms with Crippen molar-refractivity contribution >= 4 is 5.78 Å². The molecule has 2 fully saturated rings. The van der Waals surface area contributed by atoms with Crippen LogP contribution in [-0.4, -0.2) is 43.4 Å². The summed E-state index contributed by atoms with van der Waals surface area (Å²) in [5.41, 5.74) is -1.77. The molecule has 4 nitrogen and oxygen atoms in total. The van der Waals surface area contributed by atoms with Crippen LogP contribution in [-0.2, 0) is 16.6 Å². The Labute approximate surface area is 144 Å². The molecule has 5 rings (SSSR count). The first-order chi connectivity index (χ1) is 14.6. The molecule has 4 atom stereocenters. The molecule has 0 radical (unpaired) electrons. The molecule has 2 heterocycles. The number of benzene rings is 1. The predicted molar refractivity (Wildman–Crippen MR) is 81.6 cm³/mol. The number of carbonyl (C=O) groups is 1. The van der Waals surface area contributed by atoms with E-state index in [2.05, 4.69) is 0 Å². The van der Waals surface area contributed by atoms with E-state index in [1.54, 1.807) is 0 Å². The maximum absolute atomic E-state index is 13.3. The Morgan fingerprint density at radius 1 is 1.64 bits per heavy atom. The highest BCUT2D eigenvalue weighted by molar-refractivity contribution is 5.89. The molecule has 1 aromatic carbocycles. The first-order valence-electron chi connectivity index (χ1n) is 12.3. The largest absolute Gasteiger partial charge is 0.493 e. The van der Waals surface area contributed by atoms with E-state index in [-0.39, 0.29) is 35.6 Å². The summed E-state index contributed by atoms with van der Waals surface area (Å²) in [7, 11) is 1.23. The molecular formula is C18H21NO3. The van der Waals surface area contributed by atoms with Gasteiger partial charge in [0.05, 0.1) is 11.2 Å². The van der Waals surface area contributed by atoms with Crippen LogP contribution in [0.5, 0.6) is 11.5 Å². The molecule has 0 amide bonds. The van der Waals surface area contributed by atoms with Crippen molar-refractivity contribution in [3.05, 3.63) is 23.2 Å². The van der Waals surface area contributed by atoms with Crippen LogP contribution in [0.1, 0.15) is 44.0 Å². The summed E-state index contributed by atoms with van der Waals surface area (Å²) in [6.45, 7) is -2.90. The SMILES string of the molecule is [2H]c1c([2H])c2c3c(c1OC)OC1([2H])C(=O)C([2H])([2H])C[C@H]4[C@H](N(C([2H])([2H])[2H])CC[C@@]341)C2([2H])[2H]. The Balaban J connectivity index is 1.95. The van der Waals surface area contributed by atoms with Gasteiger partial charge in [0.1, 0.15) is 0 Å². The third kappa shape index (κ3) is 1.27. The number of hydrogen-bond acceptors (Lipinski definition) is 4. The van der Waals surface area contributed by atoms with Crippen molar-refractivity contribution < 1.29 is 28.0 Å². The summed E-state index contributed by atoms with van der Waals surface area (Å²) < 4.78 is 95.5. The lowest BCUT2D eigenvalue weighted by molar-refractivity contribution is -0.138. The zero-order valence-corrected chi connectivity index (χ0v) is 11.9. The van der Waals surface area contributed by atoms with Crippen molar-refractivity contribution in [3.8, 4) is 11.5 Å². The number of Topliss-reactive ketones (excluding diaryl/α,β-unsaturated/α-hetero) is 1. The average molecular weight is 309 g/mol. The van der Waals surface area contributed by atoms with E-state index in [1.165, 1.54) is 7.11 Å². The average Bonchev–Trinajstić information content (AvgIpc) is 2.91. The maximum atomic E-state index is 13.3. The molecule has 1 spiro atoms. The molecular weight excluding hydrogens is 278 g/mol. The molecule has 2 aliphatic carbocycles. The van der Waals surface area contributed by atoms with E-state index >= 15 is 0 Å². The third-order valence-electron chi connectivity index (χ3n) is 5.32. The summed E-state index contributed by atoms with van der Waals surface area (Å²) in [6, 6.07) is -2.47. The van der Waals surface area contributed by atoms with Crippen LogP contribution in [0.3, 0.4) is 0 Å². The van der Waals surface area contributed by atoms with Gasteiger partial charge in [0, 0.05) is 33.0 Å². The molecule has 2 aliphatic heterocycles. The lowest BCUT2D eigenvalue weighted by Crippen LogP contribution is -2.65. The van der Waals surface area contributed by atoms with Crippen LogP contribution in [0.15, 0.2) is 12.1 Å². The standard InChI is InChI=1S/C18H21NO3/c1-19-8-7-18-11-4-5-13(20)17(18)22-16-14(21-2)6-3-10(15(16)18)9-12(11)19/h3,6,11-12,17H,4-5,7-9H2,1-2H3/t11-,12+,17?,18-/m0/s1/i1D3,3D,5D2,6D,9D2,17D. The van der Waals surface area contributed by atoms with Crippen LogP contribution in [0.2, 0.25) is 0 Å². The zero-order valence-electron chi connectivity index (χ0n) is 21.9. The fourth-order valence-electron chi connectivity index (χ4n) is 4.39. The first-order valence-corrected chi connectivity index (χ1v) is 7.30. The van der Waals surface area contributed by atoms with E-state index in [0.717, 1.165) is 4.90 Å². The van der Waals surface area contributed by atoms with Gasteiger partial charge in [-0.1, -0.05) is 6.04 Å². The van der Waals surface area contributed by atoms with Crippen molar-refractivity contribution in [2.24, 2.45) is 5.92 Å². The number of likely N-dealkylation sites (N-methyl/N-ethyl adjacent to an activating group) is 1. The van der Waals surface area contributed by atoms with E-state index in [1.807, 2.05) is 0 Å². The topological polar surface area (TPSA) is 38.8 Å². The Kier molecular flexibility index (Phi) is 1.20. The number of hydrogen-bond donors (Lipinski definition) is 0. The van der Waals surface area contributed by atoms with E-state index in [0.29, 0.717) is 0 Å². The number of ether oxygens (including phenoxy) is 2. The highest BCUT2D eigenvalue weighted by atomic mass is 16.5. The van der Waals surface area contributed by atoms with Gasteiger partial charge in [-0.15, -0.1) is 0 Å². The van der Waals surface area contributed by atoms with Crippen molar-refractivity contribution in [1.29, 1.82) is 0 Å². The molecule has 1 unspecified atom stereocenters. The molecule has 4 heteroatoms. The third-order valence-corrected chi connectivity index (χ3v) is 5.32. The zero-order chi connectivity index (χ0) is 23.8. The van der Waals surface area contributed by atoms with Crippen LogP contribution in [0, 0.1) is 5.92 Å². The van der Waals surface area contributed by atoms with Crippen molar-refractivity contribution in [1.82, 2.24) is 4.90 Å². The van der Waals surface area contributed by atoms with Gasteiger partial charge in [-0.25, -0.2) is 0 Å². The van der Waals surface area contributed by atoms with Gasteiger partial charge in [0.15, 0.2) is 23.4 Å². The van der Waals surface area contributed by atoms with Gasteiger partial charge in [-0.3, -0.25) is 4.79 Å². The number of ketones is 1. The second-order valence-corrected chi connectivity index (χ2v) is 6.11.